The summed E-state index contributed by atoms with van der Waals surface area (Å²) in [7, 11) is 1.69. The third-order valence-electron chi connectivity index (χ3n) is 4.88. The van der Waals surface area contributed by atoms with E-state index in [4.69, 9.17) is 16.3 Å². The van der Waals surface area contributed by atoms with E-state index in [9.17, 15) is 9.90 Å². The van der Waals surface area contributed by atoms with Gasteiger partial charge in [-0.2, -0.15) is 0 Å². The van der Waals surface area contributed by atoms with Gasteiger partial charge >= 0.3 is 0 Å². The summed E-state index contributed by atoms with van der Waals surface area (Å²) in [6, 6.07) is 14.9. The molecule has 2 atom stereocenters. The van der Waals surface area contributed by atoms with Crippen LogP contribution in [0.5, 0.6) is 0 Å². The van der Waals surface area contributed by atoms with Gasteiger partial charge in [0.1, 0.15) is 5.69 Å². The van der Waals surface area contributed by atoms with Gasteiger partial charge in [-0.3, -0.25) is 4.79 Å². The third-order valence-corrected chi connectivity index (χ3v) is 5.11. The van der Waals surface area contributed by atoms with Gasteiger partial charge in [0.25, 0.3) is 5.91 Å². The number of amides is 1. The van der Waals surface area contributed by atoms with Crippen LogP contribution in [0.2, 0.25) is 5.02 Å². The summed E-state index contributed by atoms with van der Waals surface area (Å²) in [5.41, 5.74) is 3.07. The standard InChI is InChI=1S/C20H19ClN2O3/c1-23(16-10-26-11-17(16)24)20(25)19-18(12-5-3-2-4-6-12)14-9-13(21)7-8-15(14)22-19/h2-9,16-17,22,24H,10-11H2,1H3/t16-,17-/m1/s1. The van der Waals surface area contributed by atoms with E-state index in [2.05, 4.69) is 4.98 Å². The Kier molecular flexibility index (Phi) is 4.44. The summed E-state index contributed by atoms with van der Waals surface area (Å²) in [5, 5.41) is 11.6. The smallest absolute Gasteiger partial charge is 0.271 e. The van der Waals surface area contributed by atoms with Crippen LogP contribution in [0.1, 0.15) is 10.5 Å². The molecule has 1 amide bonds. The van der Waals surface area contributed by atoms with Crippen LogP contribution < -0.4 is 0 Å². The Labute approximate surface area is 156 Å². The second kappa shape index (κ2) is 6.76. The first-order valence-corrected chi connectivity index (χ1v) is 8.83. The highest BCUT2D eigenvalue weighted by Crippen LogP contribution is 2.35. The number of aliphatic hydroxyl groups excluding tert-OH is 1. The lowest BCUT2D eigenvalue weighted by Crippen LogP contribution is -2.44. The number of hydrogen-bond acceptors (Lipinski definition) is 3. The van der Waals surface area contributed by atoms with Crippen molar-refractivity contribution in [1.29, 1.82) is 0 Å². The molecular weight excluding hydrogens is 352 g/mol. The van der Waals surface area contributed by atoms with Gasteiger partial charge in [-0.05, 0) is 23.8 Å². The van der Waals surface area contributed by atoms with Crippen molar-refractivity contribution in [3.8, 4) is 11.1 Å². The number of fused-ring (bicyclic) bond motifs is 1. The molecule has 0 bridgehead atoms. The van der Waals surface area contributed by atoms with E-state index >= 15 is 0 Å². The van der Waals surface area contributed by atoms with Crippen LogP contribution in [0.4, 0.5) is 0 Å². The van der Waals surface area contributed by atoms with Crippen LogP contribution in [0, 0.1) is 0 Å². The van der Waals surface area contributed by atoms with Gasteiger partial charge in [0.05, 0.1) is 25.4 Å². The third kappa shape index (κ3) is 2.88. The predicted molar refractivity (Wildman–Crippen MR) is 101 cm³/mol. The monoisotopic (exact) mass is 370 g/mol. The van der Waals surface area contributed by atoms with E-state index < -0.39 is 6.10 Å². The second-order valence-corrected chi connectivity index (χ2v) is 6.96. The average molecular weight is 371 g/mol. The number of carbonyl (C=O) groups excluding carboxylic acids is 1. The minimum atomic E-state index is -0.678. The van der Waals surface area contributed by atoms with E-state index in [0.717, 1.165) is 22.0 Å². The summed E-state index contributed by atoms with van der Waals surface area (Å²) in [5.74, 6) is -0.189. The summed E-state index contributed by atoms with van der Waals surface area (Å²) in [4.78, 5) is 18.0. The first-order valence-electron chi connectivity index (χ1n) is 8.46. The number of likely N-dealkylation sites (N-methyl/N-ethyl adjacent to an activating group) is 1. The van der Waals surface area contributed by atoms with Gasteiger partial charge in [0, 0.05) is 28.5 Å². The number of halogens is 1. The quantitative estimate of drug-likeness (QED) is 0.743. The molecule has 1 aromatic heterocycles. The van der Waals surface area contributed by atoms with E-state index in [1.807, 2.05) is 42.5 Å². The molecule has 4 rings (SSSR count). The van der Waals surface area contributed by atoms with E-state index in [1.54, 1.807) is 18.0 Å². The van der Waals surface area contributed by atoms with Gasteiger partial charge in [0.2, 0.25) is 0 Å². The Hall–Kier alpha value is -2.34. The van der Waals surface area contributed by atoms with Crippen LogP contribution in [-0.2, 0) is 4.74 Å². The van der Waals surface area contributed by atoms with Crippen LogP contribution in [0.15, 0.2) is 48.5 Å². The first-order chi connectivity index (χ1) is 12.6. The average Bonchev–Trinajstić information content (AvgIpc) is 3.24. The highest BCUT2D eigenvalue weighted by atomic mass is 35.5. The molecule has 2 N–H and O–H groups in total. The lowest BCUT2D eigenvalue weighted by Gasteiger charge is -2.25. The highest BCUT2D eigenvalue weighted by Gasteiger charge is 2.34. The van der Waals surface area contributed by atoms with Crippen LogP contribution >= 0.6 is 11.6 Å². The van der Waals surface area contributed by atoms with Gasteiger partial charge in [-0.15, -0.1) is 0 Å². The van der Waals surface area contributed by atoms with E-state index in [1.165, 1.54) is 0 Å². The molecule has 3 aromatic rings. The molecule has 0 aliphatic carbocycles. The largest absolute Gasteiger partial charge is 0.388 e. The molecule has 5 nitrogen and oxygen atoms in total. The number of aromatic amines is 1. The Morgan fingerprint density at radius 1 is 1.23 bits per heavy atom. The van der Waals surface area contributed by atoms with Crippen LogP contribution in [0.25, 0.3) is 22.0 Å². The molecule has 1 aliphatic heterocycles. The maximum absolute atomic E-state index is 13.2. The van der Waals surface area contributed by atoms with Crippen molar-refractivity contribution in [1.82, 2.24) is 9.88 Å². The molecule has 2 aromatic carbocycles. The molecular formula is C20H19ClN2O3. The minimum absolute atomic E-state index is 0.189. The normalized spacial score (nSPS) is 19.8. The number of rotatable bonds is 3. The number of nitrogens with zero attached hydrogens (tertiary/aromatic N) is 1. The van der Waals surface area contributed by atoms with Crippen molar-refractivity contribution >= 4 is 28.4 Å². The zero-order valence-corrected chi connectivity index (χ0v) is 15.0. The maximum atomic E-state index is 13.2. The molecule has 1 aliphatic rings. The number of nitrogens with one attached hydrogen (secondary N) is 1. The van der Waals surface area contributed by atoms with Gasteiger partial charge in [0.15, 0.2) is 0 Å². The highest BCUT2D eigenvalue weighted by molar-refractivity contribution is 6.31. The maximum Gasteiger partial charge on any atom is 0.271 e. The lowest BCUT2D eigenvalue weighted by molar-refractivity contribution is 0.0577. The Morgan fingerprint density at radius 3 is 2.69 bits per heavy atom. The molecule has 0 spiro atoms. The van der Waals surface area contributed by atoms with E-state index in [0.29, 0.717) is 17.3 Å². The molecule has 1 saturated heterocycles. The molecule has 26 heavy (non-hydrogen) atoms. The predicted octanol–water partition coefficient (Wildman–Crippen LogP) is 3.32. The van der Waals surface area contributed by atoms with Crippen LogP contribution in [-0.4, -0.2) is 53.3 Å². The Morgan fingerprint density at radius 2 is 2.00 bits per heavy atom. The Balaban J connectivity index is 1.85. The fraction of sp³-hybridized carbons (Fsp3) is 0.250. The molecule has 0 unspecified atom stereocenters. The zero-order chi connectivity index (χ0) is 18.3. The topological polar surface area (TPSA) is 65.6 Å². The molecule has 0 radical (unpaired) electrons. The molecule has 6 heteroatoms. The molecule has 0 saturated carbocycles. The van der Waals surface area contributed by atoms with Crippen molar-refractivity contribution in [2.45, 2.75) is 12.1 Å². The minimum Gasteiger partial charge on any atom is -0.388 e. The van der Waals surface area contributed by atoms with E-state index in [-0.39, 0.29) is 18.6 Å². The van der Waals surface area contributed by atoms with Crippen molar-refractivity contribution in [3.05, 3.63) is 59.2 Å². The molecule has 134 valence electrons. The van der Waals surface area contributed by atoms with Crippen molar-refractivity contribution < 1.29 is 14.6 Å². The van der Waals surface area contributed by atoms with Gasteiger partial charge < -0.3 is 19.7 Å². The number of hydrogen-bond donors (Lipinski definition) is 2. The fourth-order valence-corrected chi connectivity index (χ4v) is 3.63. The van der Waals surface area contributed by atoms with Gasteiger partial charge in [-0.1, -0.05) is 41.9 Å². The van der Waals surface area contributed by atoms with Crippen LogP contribution in [0.3, 0.4) is 0 Å². The zero-order valence-electron chi connectivity index (χ0n) is 14.3. The summed E-state index contributed by atoms with van der Waals surface area (Å²) < 4.78 is 5.29. The summed E-state index contributed by atoms with van der Waals surface area (Å²) in [6.45, 7) is 0.576. The van der Waals surface area contributed by atoms with Crippen molar-refractivity contribution in [2.24, 2.45) is 0 Å². The SMILES string of the molecule is CN(C(=O)c1[nH]c2ccc(Cl)cc2c1-c1ccccc1)[C@@H]1COC[C@H]1O. The van der Waals surface area contributed by atoms with Crippen molar-refractivity contribution in [3.63, 3.8) is 0 Å². The first kappa shape index (κ1) is 17.1. The molecule has 2 heterocycles. The second-order valence-electron chi connectivity index (χ2n) is 6.52. The van der Waals surface area contributed by atoms with Gasteiger partial charge in [-0.25, -0.2) is 0 Å². The Bertz CT molecular complexity index is 954. The summed E-state index contributed by atoms with van der Waals surface area (Å²) >= 11 is 6.19. The number of benzene rings is 2. The number of carbonyl (C=O) groups is 1. The number of aromatic nitrogens is 1. The molecule has 1 fully saturated rings. The number of aliphatic hydroxyl groups is 1. The summed E-state index contributed by atoms with van der Waals surface area (Å²) in [6.07, 6.45) is -0.678. The fourth-order valence-electron chi connectivity index (χ4n) is 3.46. The lowest BCUT2D eigenvalue weighted by atomic mass is 10.0. The number of H-pyrrole nitrogens is 1. The van der Waals surface area contributed by atoms with Crippen molar-refractivity contribution in [2.75, 3.05) is 20.3 Å². The number of ether oxygens (including phenoxy) is 1.